The highest BCUT2D eigenvalue weighted by Crippen LogP contribution is 2.26. The first-order chi connectivity index (χ1) is 6.27. The van der Waals surface area contributed by atoms with Crippen LogP contribution in [0.3, 0.4) is 0 Å². The second-order valence-electron chi connectivity index (χ2n) is 3.23. The number of imidazole rings is 1. The summed E-state index contributed by atoms with van der Waals surface area (Å²) in [7, 11) is 2.09. The Hall–Kier alpha value is -0.680. The number of nitrogens with zero attached hydrogens (tertiary/aromatic N) is 2. The molecule has 1 aliphatic heterocycles. The average molecular weight is 199 g/mol. The van der Waals surface area contributed by atoms with Crippen molar-refractivity contribution < 1.29 is 5.11 Å². The molecule has 0 amide bonds. The number of hydrogen-bond donors (Lipinski definition) is 2. The van der Waals surface area contributed by atoms with E-state index in [1.165, 1.54) is 11.9 Å². The molecule has 1 aromatic rings. The average Bonchev–Trinajstić information content (AvgIpc) is 2.53. The van der Waals surface area contributed by atoms with E-state index in [1.807, 2.05) is 11.8 Å². The van der Waals surface area contributed by atoms with E-state index in [-0.39, 0.29) is 5.88 Å². The summed E-state index contributed by atoms with van der Waals surface area (Å²) in [6.07, 6.45) is 1.46. The minimum absolute atomic E-state index is 0.152. The van der Waals surface area contributed by atoms with Crippen LogP contribution in [0.1, 0.15) is 11.9 Å². The summed E-state index contributed by atoms with van der Waals surface area (Å²) in [5.74, 6) is 3.24. The highest BCUT2D eigenvalue weighted by molar-refractivity contribution is 7.99. The molecule has 1 atom stereocenters. The second-order valence-corrected chi connectivity index (χ2v) is 4.37. The molecule has 1 fully saturated rings. The van der Waals surface area contributed by atoms with Crippen LogP contribution < -0.4 is 0 Å². The van der Waals surface area contributed by atoms with Gasteiger partial charge in [-0.2, -0.15) is 11.8 Å². The van der Waals surface area contributed by atoms with Crippen molar-refractivity contribution >= 4 is 11.8 Å². The Balaban J connectivity index is 2.14. The lowest BCUT2D eigenvalue weighted by atomic mass is 10.3. The normalized spacial score (nSPS) is 24.8. The first-order valence-electron chi connectivity index (χ1n) is 4.29. The quantitative estimate of drug-likeness (QED) is 0.703. The van der Waals surface area contributed by atoms with Crippen molar-refractivity contribution in [3.05, 3.63) is 12.0 Å². The number of nitrogens with one attached hydrogen (secondary N) is 1. The lowest BCUT2D eigenvalue weighted by Crippen LogP contribution is -2.33. The zero-order valence-corrected chi connectivity index (χ0v) is 8.34. The van der Waals surface area contributed by atoms with Gasteiger partial charge < -0.3 is 10.1 Å². The van der Waals surface area contributed by atoms with Crippen LogP contribution in [-0.2, 0) is 0 Å². The summed E-state index contributed by atoms with van der Waals surface area (Å²) in [4.78, 5) is 9.25. The molecule has 1 aliphatic rings. The molecule has 0 radical (unpaired) electrons. The van der Waals surface area contributed by atoms with Gasteiger partial charge in [0.25, 0.3) is 0 Å². The van der Waals surface area contributed by atoms with E-state index in [1.54, 1.807) is 0 Å². The first-order valence-corrected chi connectivity index (χ1v) is 5.44. The second kappa shape index (κ2) is 3.59. The van der Waals surface area contributed by atoms with E-state index in [0.717, 1.165) is 18.1 Å². The highest BCUT2D eigenvalue weighted by atomic mass is 32.2. The largest absolute Gasteiger partial charge is 0.493 e. The van der Waals surface area contributed by atoms with Gasteiger partial charge in [-0.3, -0.25) is 4.90 Å². The fourth-order valence-electron chi connectivity index (χ4n) is 1.47. The Morgan fingerprint density at radius 2 is 2.62 bits per heavy atom. The topological polar surface area (TPSA) is 52.1 Å². The first kappa shape index (κ1) is 8.90. The van der Waals surface area contributed by atoms with Crippen molar-refractivity contribution in [2.75, 3.05) is 25.1 Å². The summed E-state index contributed by atoms with van der Waals surface area (Å²) in [5.41, 5.74) is 0. The van der Waals surface area contributed by atoms with Gasteiger partial charge in [0, 0.05) is 18.1 Å². The molecule has 1 saturated heterocycles. The Labute approximate surface area is 81.4 Å². The molecule has 0 aromatic carbocycles. The summed E-state index contributed by atoms with van der Waals surface area (Å²) < 4.78 is 0. The summed E-state index contributed by atoms with van der Waals surface area (Å²) in [6, 6.07) is 0.319. The van der Waals surface area contributed by atoms with Crippen molar-refractivity contribution in [1.82, 2.24) is 14.9 Å². The van der Waals surface area contributed by atoms with E-state index in [9.17, 15) is 0 Å². The molecule has 1 aromatic heterocycles. The molecule has 2 N–H and O–H groups in total. The molecule has 0 bridgehead atoms. The zero-order chi connectivity index (χ0) is 9.26. The maximum absolute atomic E-state index is 9.13. The van der Waals surface area contributed by atoms with Crippen LogP contribution >= 0.6 is 11.8 Å². The maximum Gasteiger partial charge on any atom is 0.208 e. The maximum atomic E-state index is 9.13. The minimum Gasteiger partial charge on any atom is -0.493 e. The summed E-state index contributed by atoms with van der Waals surface area (Å²) >= 11 is 1.93. The Morgan fingerprint density at radius 3 is 3.23 bits per heavy atom. The molecule has 0 saturated carbocycles. The van der Waals surface area contributed by atoms with Gasteiger partial charge >= 0.3 is 0 Å². The molecule has 13 heavy (non-hydrogen) atoms. The Kier molecular flexibility index (Phi) is 2.46. The molecule has 0 spiro atoms. The van der Waals surface area contributed by atoms with Gasteiger partial charge in [0.2, 0.25) is 5.88 Å². The van der Waals surface area contributed by atoms with E-state index in [0.29, 0.717) is 6.04 Å². The van der Waals surface area contributed by atoms with Crippen LogP contribution in [0.4, 0.5) is 0 Å². The SMILES string of the molecule is CN1CCSCC1c1ncc(O)[nH]1. The predicted molar refractivity (Wildman–Crippen MR) is 52.9 cm³/mol. The standard InChI is InChI=1S/C8H13N3OS/c1-11-2-3-13-5-6(11)8-9-4-7(12)10-8/h4,6,12H,2-3,5H2,1H3,(H,9,10). The van der Waals surface area contributed by atoms with Gasteiger partial charge in [0.05, 0.1) is 12.2 Å². The third kappa shape index (κ3) is 1.81. The smallest absolute Gasteiger partial charge is 0.208 e. The van der Waals surface area contributed by atoms with E-state index in [4.69, 9.17) is 5.11 Å². The molecule has 1 unspecified atom stereocenters. The number of rotatable bonds is 1. The molecule has 5 heteroatoms. The Bertz CT molecular complexity index is 289. The monoisotopic (exact) mass is 199 g/mol. The van der Waals surface area contributed by atoms with Crippen molar-refractivity contribution in [2.45, 2.75) is 6.04 Å². The third-order valence-corrected chi connectivity index (χ3v) is 3.32. The van der Waals surface area contributed by atoms with E-state index in [2.05, 4.69) is 21.9 Å². The fourth-order valence-corrected chi connectivity index (χ4v) is 2.69. The van der Waals surface area contributed by atoms with Gasteiger partial charge in [-0.05, 0) is 7.05 Å². The lowest BCUT2D eigenvalue weighted by molar-refractivity contribution is 0.265. The molecular weight excluding hydrogens is 186 g/mol. The minimum atomic E-state index is 0.152. The van der Waals surface area contributed by atoms with Crippen LogP contribution in [0.25, 0.3) is 0 Å². The van der Waals surface area contributed by atoms with Gasteiger partial charge in [-0.1, -0.05) is 0 Å². The van der Waals surface area contributed by atoms with Crippen LogP contribution in [-0.4, -0.2) is 45.1 Å². The number of aromatic nitrogens is 2. The lowest BCUT2D eigenvalue weighted by Gasteiger charge is -2.30. The van der Waals surface area contributed by atoms with Crippen molar-refractivity contribution in [3.8, 4) is 5.88 Å². The van der Waals surface area contributed by atoms with Crippen LogP contribution in [0, 0.1) is 0 Å². The molecule has 0 aliphatic carbocycles. The van der Waals surface area contributed by atoms with Crippen molar-refractivity contribution in [2.24, 2.45) is 0 Å². The van der Waals surface area contributed by atoms with Gasteiger partial charge in [0.1, 0.15) is 5.82 Å². The molecule has 2 heterocycles. The van der Waals surface area contributed by atoms with Crippen LogP contribution in [0.5, 0.6) is 5.88 Å². The van der Waals surface area contributed by atoms with E-state index < -0.39 is 0 Å². The van der Waals surface area contributed by atoms with E-state index >= 15 is 0 Å². The third-order valence-electron chi connectivity index (χ3n) is 2.29. The number of aromatic amines is 1. The number of H-pyrrole nitrogens is 1. The molecular formula is C8H13N3OS. The molecule has 2 rings (SSSR count). The number of aromatic hydroxyl groups is 1. The summed E-state index contributed by atoms with van der Waals surface area (Å²) in [5, 5.41) is 9.13. The number of thioether (sulfide) groups is 1. The zero-order valence-electron chi connectivity index (χ0n) is 7.53. The molecule has 72 valence electrons. The van der Waals surface area contributed by atoms with Crippen LogP contribution in [0.2, 0.25) is 0 Å². The fraction of sp³-hybridized carbons (Fsp3) is 0.625. The van der Waals surface area contributed by atoms with Crippen molar-refractivity contribution in [1.29, 1.82) is 0 Å². The number of hydrogen-bond acceptors (Lipinski definition) is 4. The Morgan fingerprint density at radius 1 is 1.77 bits per heavy atom. The molecule has 4 nitrogen and oxygen atoms in total. The van der Waals surface area contributed by atoms with Gasteiger partial charge in [-0.25, -0.2) is 4.98 Å². The highest BCUT2D eigenvalue weighted by Gasteiger charge is 2.23. The van der Waals surface area contributed by atoms with Crippen LogP contribution in [0.15, 0.2) is 6.20 Å². The summed E-state index contributed by atoms with van der Waals surface area (Å²) in [6.45, 7) is 1.08. The predicted octanol–water partition coefficient (Wildman–Crippen LogP) is 0.835. The van der Waals surface area contributed by atoms with Gasteiger partial charge in [-0.15, -0.1) is 0 Å². The van der Waals surface area contributed by atoms with Gasteiger partial charge in [0.15, 0.2) is 0 Å². The van der Waals surface area contributed by atoms with Crippen molar-refractivity contribution in [3.63, 3.8) is 0 Å².